The molecule has 5 nitrogen and oxygen atoms in total. The maximum atomic E-state index is 13.0. The van der Waals surface area contributed by atoms with Gasteiger partial charge in [-0.05, 0) is 47.4 Å². The molecule has 2 N–H and O–H groups in total. The lowest BCUT2D eigenvalue weighted by Gasteiger charge is -2.19. The number of halogens is 1. The van der Waals surface area contributed by atoms with E-state index in [0.717, 1.165) is 32.9 Å². The summed E-state index contributed by atoms with van der Waals surface area (Å²) in [5, 5.41) is 10.5. The van der Waals surface area contributed by atoms with E-state index in [4.69, 9.17) is 11.6 Å². The van der Waals surface area contributed by atoms with Crippen molar-refractivity contribution in [3.63, 3.8) is 0 Å². The molecule has 2 aliphatic rings. The van der Waals surface area contributed by atoms with E-state index in [0.29, 0.717) is 11.4 Å². The Kier molecular flexibility index (Phi) is 4.15. The molecule has 0 bridgehead atoms. The van der Waals surface area contributed by atoms with Gasteiger partial charge in [0.1, 0.15) is 9.75 Å². The van der Waals surface area contributed by atoms with E-state index in [1.807, 2.05) is 36.4 Å². The minimum absolute atomic E-state index is 0.0985. The van der Waals surface area contributed by atoms with Gasteiger partial charge in [0.05, 0.1) is 0 Å². The number of hydrogen-bond acceptors (Lipinski definition) is 4. The summed E-state index contributed by atoms with van der Waals surface area (Å²) in [4.78, 5) is 12.9. The molecule has 1 saturated carbocycles. The highest BCUT2D eigenvalue weighted by Gasteiger charge is 2.74. The summed E-state index contributed by atoms with van der Waals surface area (Å²) in [6.45, 7) is 0. The summed E-state index contributed by atoms with van der Waals surface area (Å²) >= 11 is 7.02. The Hall–Kier alpha value is -2.19. The summed E-state index contributed by atoms with van der Waals surface area (Å²) in [6, 6.07) is 18.0. The lowest BCUT2D eigenvalue weighted by molar-refractivity contribution is -0.140. The fourth-order valence-corrected chi connectivity index (χ4v) is 7.30. The fourth-order valence-electron chi connectivity index (χ4n) is 4.44. The molecule has 1 aromatic heterocycles. The normalized spacial score (nSPS) is 24.7. The van der Waals surface area contributed by atoms with E-state index in [-0.39, 0.29) is 16.0 Å². The maximum Gasteiger partial charge on any atom is 0.325 e. The summed E-state index contributed by atoms with van der Waals surface area (Å²) in [5.41, 5.74) is 1.40. The highest BCUT2D eigenvalue weighted by atomic mass is 35.5. The lowest BCUT2D eigenvalue weighted by atomic mass is 9.99. The Morgan fingerprint density at radius 2 is 1.83 bits per heavy atom. The molecule has 3 aromatic rings. The van der Waals surface area contributed by atoms with Crippen LogP contribution in [0.1, 0.15) is 17.0 Å². The van der Waals surface area contributed by atoms with Crippen molar-refractivity contribution in [1.82, 2.24) is 4.72 Å². The van der Waals surface area contributed by atoms with Crippen LogP contribution in [0.15, 0.2) is 64.9 Å². The molecule has 148 valence electrons. The van der Waals surface area contributed by atoms with Crippen molar-refractivity contribution in [1.29, 1.82) is 0 Å². The quantitative estimate of drug-likeness (QED) is 0.618. The van der Waals surface area contributed by atoms with Gasteiger partial charge in [-0.25, -0.2) is 8.42 Å². The molecular formula is C21H16ClNO4S2. The number of sulfonamides is 1. The predicted molar refractivity (Wildman–Crippen MR) is 112 cm³/mol. The third-order valence-corrected chi connectivity index (χ3v) is 9.19. The van der Waals surface area contributed by atoms with Crippen LogP contribution in [0.2, 0.25) is 5.02 Å². The molecule has 1 fully saturated rings. The number of hydrogen-bond donors (Lipinski definition) is 2. The number of benzene rings is 2. The maximum absolute atomic E-state index is 13.0. The van der Waals surface area contributed by atoms with Gasteiger partial charge in [0, 0.05) is 21.7 Å². The highest BCUT2D eigenvalue weighted by molar-refractivity contribution is 7.91. The SMILES string of the molecule is O=C(O)C1(NS(=O)(=O)c2ccc(-c3ccc(Cl)cc3)s2)[C@@H]2c3ccccc3C[C@@H]21. The molecule has 29 heavy (non-hydrogen) atoms. The van der Waals surface area contributed by atoms with Crippen LogP contribution in [-0.4, -0.2) is 25.0 Å². The molecule has 1 unspecified atom stereocenters. The first kappa shape index (κ1) is 18.8. The zero-order valence-corrected chi connectivity index (χ0v) is 17.4. The number of rotatable bonds is 5. The molecule has 0 saturated heterocycles. The van der Waals surface area contributed by atoms with E-state index in [1.54, 1.807) is 18.2 Å². The third-order valence-electron chi connectivity index (χ3n) is 5.83. The van der Waals surface area contributed by atoms with Crippen LogP contribution in [0.4, 0.5) is 0 Å². The molecule has 2 aliphatic carbocycles. The van der Waals surface area contributed by atoms with Gasteiger partial charge in [0.2, 0.25) is 0 Å². The monoisotopic (exact) mass is 445 g/mol. The fraction of sp³-hybridized carbons (Fsp3) is 0.190. The largest absolute Gasteiger partial charge is 0.480 e. The summed E-state index contributed by atoms with van der Waals surface area (Å²) in [6.07, 6.45) is 0.566. The second-order valence-corrected chi connectivity index (χ2v) is 10.8. The molecular weight excluding hydrogens is 430 g/mol. The minimum atomic E-state index is -3.98. The van der Waals surface area contributed by atoms with Crippen LogP contribution >= 0.6 is 22.9 Å². The van der Waals surface area contributed by atoms with Gasteiger partial charge in [0.25, 0.3) is 10.0 Å². The number of carboxylic acid groups (broad SMARTS) is 1. The van der Waals surface area contributed by atoms with Gasteiger partial charge in [-0.3, -0.25) is 4.79 Å². The first-order valence-electron chi connectivity index (χ1n) is 9.04. The zero-order chi connectivity index (χ0) is 20.4. The number of nitrogens with one attached hydrogen (secondary N) is 1. The molecule has 5 rings (SSSR count). The van der Waals surface area contributed by atoms with Gasteiger partial charge in [-0.2, -0.15) is 4.72 Å². The second-order valence-electron chi connectivity index (χ2n) is 7.39. The minimum Gasteiger partial charge on any atom is -0.480 e. The van der Waals surface area contributed by atoms with Gasteiger partial charge < -0.3 is 5.11 Å². The van der Waals surface area contributed by atoms with Gasteiger partial charge >= 0.3 is 5.97 Å². The molecule has 0 spiro atoms. The van der Waals surface area contributed by atoms with Crippen molar-refractivity contribution in [3.8, 4) is 10.4 Å². The first-order valence-corrected chi connectivity index (χ1v) is 11.7. The third kappa shape index (κ3) is 2.84. The van der Waals surface area contributed by atoms with Crippen molar-refractivity contribution in [2.45, 2.75) is 22.1 Å². The number of thiophene rings is 1. The predicted octanol–water partition coefficient (Wildman–Crippen LogP) is 4.14. The molecule has 0 radical (unpaired) electrons. The Labute approximate surface area is 177 Å². The van der Waals surface area contributed by atoms with E-state index < -0.39 is 21.5 Å². The molecule has 1 heterocycles. The average molecular weight is 446 g/mol. The number of carbonyl (C=O) groups is 1. The second kappa shape index (κ2) is 6.40. The van der Waals surface area contributed by atoms with Crippen LogP contribution in [-0.2, 0) is 21.2 Å². The number of fused-ring (bicyclic) bond motifs is 3. The summed E-state index contributed by atoms with van der Waals surface area (Å²) in [7, 11) is -3.98. The lowest BCUT2D eigenvalue weighted by Crippen LogP contribution is -2.46. The Morgan fingerprint density at radius 1 is 1.10 bits per heavy atom. The summed E-state index contributed by atoms with van der Waals surface area (Å²) < 4.78 is 28.7. The molecule has 0 aliphatic heterocycles. The highest BCUT2D eigenvalue weighted by Crippen LogP contribution is 2.64. The Morgan fingerprint density at radius 3 is 2.55 bits per heavy atom. The van der Waals surface area contributed by atoms with Crippen LogP contribution in [0.25, 0.3) is 10.4 Å². The van der Waals surface area contributed by atoms with Crippen LogP contribution in [0, 0.1) is 5.92 Å². The van der Waals surface area contributed by atoms with E-state index in [9.17, 15) is 18.3 Å². The van der Waals surface area contributed by atoms with Crippen LogP contribution < -0.4 is 4.72 Å². The molecule has 0 amide bonds. The van der Waals surface area contributed by atoms with Gasteiger partial charge in [-0.1, -0.05) is 48.0 Å². The molecule has 2 aromatic carbocycles. The van der Waals surface area contributed by atoms with Crippen LogP contribution in [0.5, 0.6) is 0 Å². The van der Waals surface area contributed by atoms with Crippen LogP contribution in [0.3, 0.4) is 0 Å². The zero-order valence-electron chi connectivity index (χ0n) is 15.0. The Balaban J connectivity index is 1.46. The number of aliphatic carboxylic acids is 1. The van der Waals surface area contributed by atoms with Crippen molar-refractivity contribution in [2.24, 2.45) is 5.92 Å². The Bertz CT molecular complexity index is 1240. The van der Waals surface area contributed by atoms with E-state index in [1.165, 1.54) is 6.07 Å². The molecule has 8 heteroatoms. The van der Waals surface area contributed by atoms with E-state index >= 15 is 0 Å². The van der Waals surface area contributed by atoms with E-state index in [2.05, 4.69) is 4.72 Å². The molecule has 3 atom stereocenters. The van der Waals surface area contributed by atoms with Crippen molar-refractivity contribution >= 4 is 38.9 Å². The summed E-state index contributed by atoms with van der Waals surface area (Å²) in [5.74, 6) is -1.72. The van der Waals surface area contributed by atoms with Crippen molar-refractivity contribution in [2.75, 3.05) is 0 Å². The topological polar surface area (TPSA) is 83.5 Å². The number of carboxylic acids is 1. The van der Waals surface area contributed by atoms with Gasteiger partial charge in [-0.15, -0.1) is 11.3 Å². The van der Waals surface area contributed by atoms with Crippen molar-refractivity contribution < 1.29 is 18.3 Å². The smallest absolute Gasteiger partial charge is 0.325 e. The van der Waals surface area contributed by atoms with Gasteiger partial charge in [0.15, 0.2) is 0 Å². The average Bonchev–Trinajstić information content (AvgIpc) is 3.07. The first-order chi connectivity index (χ1) is 13.8. The standard InChI is InChI=1S/C21H16ClNO4S2/c22-14-7-5-12(6-8-14)17-9-10-18(28-17)29(26,27)23-21(20(24)25)16-11-13-3-1-2-4-15(13)19(16)21/h1-10,16,19,23H,11H2,(H,24,25)/t16-,19+,21?/m0/s1. The van der Waals surface area contributed by atoms with Crippen molar-refractivity contribution in [3.05, 3.63) is 76.8 Å².